The van der Waals surface area contributed by atoms with E-state index >= 15 is 0 Å². The predicted octanol–water partition coefficient (Wildman–Crippen LogP) is 4.66. The normalized spacial score (nSPS) is 20.7. The molecule has 0 radical (unpaired) electrons. The molecule has 2 aromatic rings. The van der Waals surface area contributed by atoms with E-state index in [1.165, 1.54) is 18.4 Å². The van der Waals surface area contributed by atoms with Crippen LogP contribution in [0.25, 0.3) is 0 Å². The topological polar surface area (TPSA) is 21.7 Å². The van der Waals surface area contributed by atoms with Gasteiger partial charge in [-0.25, -0.2) is 0 Å². The van der Waals surface area contributed by atoms with E-state index in [9.17, 15) is 0 Å². The molecule has 0 N–H and O–H groups in total. The second-order valence-corrected chi connectivity index (χ2v) is 6.73. The van der Waals surface area contributed by atoms with Crippen LogP contribution in [-0.4, -0.2) is 19.9 Å². The Morgan fingerprint density at radius 3 is 2.74 bits per heavy atom. The number of hydrogen-bond donors (Lipinski definition) is 0. The second-order valence-electron chi connectivity index (χ2n) is 6.29. The Hall–Kier alpha value is -1.71. The third-order valence-electron chi connectivity index (χ3n) is 4.47. The van der Waals surface area contributed by atoms with Crippen LogP contribution >= 0.6 is 11.6 Å². The SMILES string of the molecule is Clc1ccc(N2COC[C@@H]2c2cccc(OCC3CC3)c2)cc1. The highest BCUT2D eigenvalue weighted by molar-refractivity contribution is 6.30. The molecule has 1 aliphatic heterocycles. The van der Waals surface area contributed by atoms with Crippen molar-refractivity contribution >= 4 is 17.3 Å². The molecule has 4 heteroatoms. The van der Waals surface area contributed by atoms with Crippen molar-refractivity contribution in [1.82, 2.24) is 0 Å². The summed E-state index contributed by atoms with van der Waals surface area (Å²) in [6.45, 7) is 2.12. The van der Waals surface area contributed by atoms with E-state index in [0.717, 1.165) is 29.0 Å². The summed E-state index contributed by atoms with van der Waals surface area (Å²) in [5.74, 6) is 1.72. The Morgan fingerprint density at radius 2 is 1.96 bits per heavy atom. The molecule has 0 amide bonds. The predicted molar refractivity (Wildman–Crippen MR) is 92.2 cm³/mol. The lowest BCUT2D eigenvalue weighted by Gasteiger charge is -2.25. The molecule has 1 saturated carbocycles. The smallest absolute Gasteiger partial charge is 0.119 e. The van der Waals surface area contributed by atoms with Crippen molar-refractivity contribution in [3.63, 3.8) is 0 Å². The van der Waals surface area contributed by atoms with Crippen LogP contribution in [0, 0.1) is 5.92 Å². The monoisotopic (exact) mass is 329 g/mol. The van der Waals surface area contributed by atoms with E-state index in [1.807, 2.05) is 30.3 Å². The van der Waals surface area contributed by atoms with Crippen molar-refractivity contribution in [3.05, 3.63) is 59.1 Å². The minimum Gasteiger partial charge on any atom is -0.493 e. The van der Waals surface area contributed by atoms with Gasteiger partial charge < -0.3 is 14.4 Å². The molecule has 0 bridgehead atoms. The third-order valence-corrected chi connectivity index (χ3v) is 4.72. The Labute approximate surface area is 141 Å². The molecule has 0 unspecified atom stereocenters. The molecule has 4 rings (SSSR count). The quantitative estimate of drug-likeness (QED) is 0.796. The van der Waals surface area contributed by atoms with Crippen molar-refractivity contribution in [2.24, 2.45) is 5.92 Å². The molecule has 2 aliphatic rings. The Bertz CT molecular complexity index is 669. The van der Waals surface area contributed by atoms with E-state index < -0.39 is 0 Å². The molecular weight excluding hydrogens is 310 g/mol. The lowest BCUT2D eigenvalue weighted by atomic mass is 10.1. The molecular formula is C19H20ClNO2. The summed E-state index contributed by atoms with van der Waals surface area (Å²) in [6.07, 6.45) is 2.61. The van der Waals surface area contributed by atoms with Gasteiger partial charge in [-0.3, -0.25) is 0 Å². The largest absolute Gasteiger partial charge is 0.493 e. The van der Waals surface area contributed by atoms with Gasteiger partial charge in [-0.2, -0.15) is 0 Å². The second kappa shape index (κ2) is 6.42. The van der Waals surface area contributed by atoms with Gasteiger partial charge >= 0.3 is 0 Å². The lowest BCUT2D eigenvalue weighted by molar-refractivity contribution is 0.194. The van der Waals surface area contributed by atoms with Gasteiger partial charge in [-0.1, -0.05) is 23.7 Å². The van der Waals surface area contributed by atoms with Gasteiger partial charge in [0.05, 0.1) is 19.3 Å². The first-order valence-corrected chi connectivity index (χ1v) is 8.50. The number of anilines is 1. The Morgan fingerprint density at radius 1 is 1.13 bits per heavy atom. The maximum Gasteiger partial charge on any atom is 0.119 e. The number of benzene rings is 2. The van der Waals surface area contributed by atoms with E-state index in [-0.39, 0.29) is 6.04 Å². The zero-order valence-corrected chi connectivity index (χ0v) is 13.7. The van der Waals surface area contributed by atoms with Crippen LogP contribution in [-0.2, 0) is 4.74 Å². The van der Waals surface area contributed by atoms with Gasteiger partial charge in [0.1, 0.15) is 12.5 Å². The summed E-state index contributed by atoms with van der Waals surface area (Å²) >= 11 is 5.99. The van der Waals surface area contributed by atoms with Crippen LogP contribution in [0.1, 0.15) is 24.4 Å². The van der Waals surface area contributed by atoms with Crippen LogP contribution in [0.15, 0.2) is 48.5 Å². The molecule has 1 atom stereocenters. The first-order chi connectivity index (χ1) is 11.3. The Kier molecular flexibility index (Phi) is 4.15. The van der Waals surface area contributed by atoms with E-state index in [1.54, 1.807) is 0 Å². The van der Waals surface area contributed by atoms with Crippen molar-refractivity contribution in [2.75, 3.05) is 24.8 Å². The minimum absolute atomic E-state index is 0.209. The van der Waals surface area contributed by atoms with Crippen LogP contribution in [0.5, 0.6) is 5.75 Å². The summed E-state index contributed by atoms with van der Waals surface area (Å²) in [5, 5.41) is 0.751. The number of halogens is 1. The number of nitrogens with zero attached hydrogens (tertiary/aromatic N) is 1. The summed E-state index contributed by atoms with van der Waals surface area (Å²) in [4.78, 5) is 2.26. The lowest BCUT2D eigenvalue weighted by Crippen LogP contribution is -2.23. The highest BCUT2D eigenvalue weighted by Gasteiger charge is 2.27. The highest BCUT2D eigenvalue weighted by atomic mass is 35.5. The molecule has 0 aromatic heterocycles. The molecule has 1 heterocycles. The van der Waals surface area contributed by atoms with E-state index in [2.05, 4.69) is 23.1 Å². The third kappa shape index (κ3) is 3.46. The summed E-state index contributed by atoms with van der Waals surface area (Å²) < 4.78 is 11.6. The van der Waals surface area contributed by atoms with Crippen molar-refractivity contribution in [3.8, 4) is 5.75 Å². The standard InChI is InChI=1S/C19H20ClNO2/c20-16-6-8-17(9-7-16)21-13-22-12-19(21)15-2-1-3-18(10-15)23-11-14-4-5-14/h1-3,6-10,14,19H,4-5,11-13H2/t19-/m1/s1. The molecule has 2 aromatic carbocycles. The fourth-order valence-electron chi connectivity index (χ4n) is 2.92. The van der Waals surface area contributed by atoms with Gasteiger partial charge in [-0.15, -0.1) is 0 Å². The zero-order valence-electron chi connectivity index (χ0n) is 13.0. The van der Waals surface area contributed by atoms with Crippen LogP contribution in [0.4, 0.5) is 5.69 Å². The van der Waals surface area contributed by atoms with Crippen molar-refractivity contribution < 1.29 is 9.47 Å². The average Bonchev–Trinajstić information content (AvgIpc) is 3.28. The molecule has 3 nitrogen and oxygen atoms in total. The minimum atomic E-state index is 0.209. The van der Waals surface area contributed by atoms with Gasteiger partial charge in [0.25, 0.3) is 0 Å². The first kappa shape index (κ1) is 14.9. The fraction of sp³-hybridized carbons (Fsp3) is 0.368. The summed E-state index contributed by atoms with van der Waals surface area (Å²) in [5.41, 5.74) is 2.35. The van der Waals surface area contributed by atoms with Crippen LogP contribution < -0.4 is 9.64 Å². The highest BCUT2D eigenvalue weighted by Crippen LogP contribution is 2.34. The first-order valence-electron chi connectivity index (χ1n) is 8.12. The number of hydrogen-bond acceptors (Lipinski definition) is 3. The number of rotatable bonds is 5. The van der Waals surface area contributed by atoms with Crippen LogP contribution in [0.3, 0.4) is 0 Å². The molecule has 120 valence electrons. The van der Waals surface area contributed by atoms with Gasteiger partial charge in [-0.05, 0) is 60.7 Å². The molecule has 0 spiro atoms. The van der Waals surface area contributed by atoms with Gasteiger partial charge in [0.2, 0.25) is 0 Å². The average molecular weight is 330 g/mol. The molecule has 1 aliphatic carbocycles. The number of ether oxygens (including phenoxy) is 2. The molecule has 1 saturated heterocycles. The summed E-state index contributed by atoms with van der Waals surface area (Å²) in [6, 6.07) is 16.5. The van der Waals surface area contributed by atoms with Crippen molar-refractivity contribution in [2.45, 2.75) is 18.9 Å². The fourth-order valence-corrected chi connectivity index (χ4v) is 3.04. The van der Waals surface area contributed by atoms with Crippen molar-refractivity contribution in [1.29, 1.82) is 0 Å². The summed E-state index contributed by atoms with van der Waals surface area (Å²) in [7, 11) is 0. The maximum atomic E-state index is 5.99. The zero-order chi connectivity index (χ0) is 15.6. The molecule has 23 heavy (non-hydrogen) atoms. The van der Waals surface area contributed by atoms with Gasteiger partial charge in [0, 0.05) is 10.7 Å². The maximum absolute atomic E-state index is 5.99. The Balaban J connectivity index is 1.53. The molecule has 2 fully saturated rings. The van der Waals surface area contributed by atoms with E-state index in [0.29, 0.717) is 13.3 Å². The van der Waals surface area contributed by atoms with E-state index in [4.69, 9.17) is 21.1 Å². The van der Waals surface area contributed by atoms with Crippen LogP contribution in [0.2, 0.25) is 5.02 Å². The van der Waals surface area contributed by atoms with Gasteiger partial charge in [0.15, 0.2) is 0 Å².